The Morgan fingerprint density at radius 1 is 1.39 bits per heavy atom. The quantitative estimate of drug-likeness (QED) is 0.883. The molecule has 1 unspecified atom stereocenters. The van der Waals surface area contributed by atoms with Gasteiger partial charge in [0.1, 0.15) is 5.82 Å². The summed E-state index contributed by atoms with van der Waals surface area (Å²) in [5, 5.41) is 3.29. The molecule has 2 rings (SSSR count). The van der Waals surface area contributed by atoms with E-state index in [9.17, 15) is 4.39 Å². The molecule has 1 aliphatic heterocycles. The van der Waals surface area contributed by atoms with E-state index < -0.39 is 0 Å². The average molecular weight is 268 g/mol. The van der Waals surface area contributed by atoms with Crippen molar-refractivity contribution in [2.45, 2.75) is 12.5 Å². The highest BCUT2D eigenvalue weighted by Gasteiger charge is 2.14. The number of hydrogen-bond donors (Lipinski definition) is 1. The van der Waals surface area contributed by atoms with Crippen LogP contribution in [0.4, 0.5) is 4.39 Å². The first-order chi connectivity index (χ1) is 8.79. The van der Waals surface area contributed by atoms with Gasteiger partial charge in [0, 0.05) is 37.2 Å². The van der Waals surface area contributed by atoms with E-state index in [1.165, 1.54) is 30.7 Å². The zero-order chi connectivity index (χ0) is 12.8. The molecule has 100 valence electrons. The molecule has 1 N–H and O–H groups in total. The molecule has 1 aromatic rings. The highest BCUT2D eigenvalue weighted by atomic mass is 32.2. The van der Waals surface area contributed by atoms with Gasteiger partial charge in [-0.1, -0.05) is 12.1 Å². The largest absolute Gasteiger partial charge is 0.313 e. The van der Waals surface area contributed by atoms with E-state index in [1.807, 2.05) is 24.9 Å². The smallest absolute Gasteiger partial charge is 0.123 e. The maximum absolute atomic E-state index is 13.2. The third kappa shape index (κ3) is 3.97. The standard InChI is InChI=1S/C14H21FN2S/c1-16-14(12-3-2-4-13(15)11-12)5-6-17-7-9-18-10-8-17/h2-4,11,14,16H,5-10H2,1H3. The molecule has 0 bridgehead atoms. The van der Waals surface area contributed by atoms with Crippen LogP contribution in [0.3, 0.4) is 0 Å². The summed E-state index contributed by atoms with van der Waals surface area (Å²) in [6.45, 7) is 3.46. The van der Waals surface area contributed by atoms with Crippen LogP contribution in [0.25, 0.3) is 0 Å². The Morgan fingerprint density at radius 3 is 2.83 bits per heavy atom. The molecule has 1 fully saturated rings. The molecule has 18 heavy (non-hydrogen) atoms. The zero-order valence-electron chi connectivity index (χ0n) is 10.9. The highest BCUT2D eigenvalue weighted by molar-refractivity contribution is 7.99. The van der Waals surface area contributed by atoms with Crippen LogP contribution in [0.1, 0.15) is 18.0 Å². The summed E-state index contributed by atoms with van der Waals surface area (Å²) >= 11 is 2.03. The minimum atomic E-state index is -0.151. The van der Waals surface area contributed by atoms with Crippen molar-refractivity contribution in [3.8, 4) is 0 Å². The fourth-order valence-electron chi connectivity index (χ4n) is 2.34. The lowest BCUT2D eigenvalue weighted by Gasteiger charge is -2.28. The molecule has 1 saturated heterocycles. The monoisotopic (exact) mass is 268 g/mol. The van der Waals surface area contributed by atoms with Crippen LogP contribution in [-0.2, 0) is 0 Å². The maximum Gasteiger partial charge on any atom is 0.123 e. The van der Waals surface area contributed by atoms with Crippen LogP contribution in [0.5, 0.6) is 0 Å². The molecule has 4 heteroatoms. The lowest BCUT2D eigenvalue weighted by molar-refractivity contribution is 0.283. The average Bonchev–Trinajstić information content (AvgIpc) is 2.41. The van der Waals surface area contributed by atoms with Crippen molar-refractivity contribution in [2.75, 3.05) is 38.2 Å². The Morgan fingerprint density at radius 2 is 2.17 bits per heavy atom. The van der Waals surface area contributed by atoms with Crippen molar-refractivity contribution in [2.24, 2.45) is 0 Å². The summed E-state index contributed by atoms with van der Waals surface area (Å²) in [6, 6.07) is 7.16. The molecule has 1 heterocycles. The summed E-state index contributed by atoms with van der Waals surface area (Å²) in [4.78, 5) is 2.50. The van der Waals surface area contributed by atoms with E-state index in [1.54, 1.807) is 12.1 Å². The van der Waals surface area contributed by atoms with Gasteiger partial charge in [-0.05, 0) is 31.2 Å². The van der Waals surface area contributed by atoms with Crippen molar-refractivity contribution in [3.63, 3.8) is 0 Å². The van der Waals surface area contributed by atoms with E-state index in [-0.39, 0.29) is 11.9 Å². The van der Waals surface area contributed by atoms with Crippen molar-refractivity contribution < 1.29 is 4.39 Å². The fraction of sp³-hybridized carbons (Fsp3) is 0.571. The van der Waals surface area contributed by atoms with E-state index in [0.717, 1.165) is 18.5 Å². The Hall–Kier alpha value is -0.580. The van der Waals surface area contributed by atoms with Crippen molar-refractivity contribution >= 4 is 11.8 Å². The molecule has 2 nitrogen and oxygen atoms in total. The molecule has 0 aliphatic carbocycles. The predicted molar refractivity (Wildman–Crippen MR) is 76.6 cm³/mol. The lowest BCUT2D eigenvalue weighted by atomic mass is 10.0. The van der Waals surface area contributed by atoms with Crippen molar-refractivity contribution in [1.82, 2.24) is 10.2 Å². The van der Waals surface area contributed by atoms with Gasteiger partial charge in [-0.2, -0.15) is 11.8 Å². The van der Waals surface area contributed by atoms with Crippen LogP contribution in [0.2, 0.25) is 0 Å². The number of nitrogens with zero attached hydrogens (tertiary/aromatic N) is 1. The summed E-state index contributed by atoms with van der Waals surface area (Å²) in [5.74, 6) is 2.33. The Balaban J connectivity index is 1.88. The number of benzene rings is 1. The molecular weight excluding hydrogens is 247 g/mol. The lowest BCUT2D eigenvalue weighted by Crippen LogP contribution is -2.35. The number of thioether (sulfide) groups is 1. The molecule has 0 saturated carbocycles. The third-order valence-electron chi connectivity index (χ3n) is 3.44. The molecule has 1 aliphatic rings. The first kappa shape index (κ1) is 13.8. The number of nitrogens with one attached hydrogen (secondary N) is 1. The van der Waals surface area contributed by atoms with E-state index in [0.29, 0.717) is 0 Å². The number of hydrogen-bond acceptors (Lipinski definition) is 3. The highest BCUT2D eigenvalue weighted by Crippen LogP contribution is 2.19. The Bertz CT molecular complexity index is 367. The normalized spacial score (nSPS) is 18.8. The van der Waals surface area contributed by atoms with Gasteiger partial charge >= 0.3 is 0 Å². The van der Waals surface area contributed by atoms with Gasteiger partial charge in [0.2, 0.25) is 0 Å². The zero-order valence-corrected chi connectivity index (χ0v) is 11.7. The van der Waals surface area contributed by atoms with Crippen molar-refractivity contribution in [1.29, 1.82) is 0 Å². The van der Waals surface area contributed by atoms with Crippen LogP contribution in [-0.4, -0.2) is 43.1 Å². The van der Waals surface area contributed by atoms with Gasteiger partial charge in [0.15, 0.2) is 0 Å². The molecular formula is C14H21FN2S. The van der Waals surface area contributed by atoms with Crippen LogP contribution < -0.4 is 5.32 Å². The molecule has 0 radical (unpaired) electrons. The minimum Gasteiger partial charge on any atom is -0.313 e. The molecule has 1 aromatic carbocycles. The number of halogens is 1. The SMILES string of the molecule is CNC(CCN1CCSCC1)c1cccc(F)c1. The molecule has 1 atom stereocenters. The van der Waals surface area contributed by atoms with Gasteiger partial charge in [0.05, 0.1) is 0 Å². The van der Waals surface area contributed by atoms with E-state index in [2.05, 4.69) is 10.2 Å². The Kier molecular flexibility index (Phi) is 5.47. The first-order valence-corrected chi connectivity index (χ1v) is 7.68. The van der Waals surface area contributed by atoms with E-state index >= 15 is 0 Å². The fourth-order valence-corrected chi connectivity index (χ4v) is 3.32. The summed E-state index contributed by atoms with van der Waals surface area (Å²) in [7, 11) is 1.95. The first-order valence-electron chi connectivity index (χ1n) is 6.52. The van der Waals surface area contributed by atoms with Gasteiger partial charge in [-0.25, -0.2) is 4.39 Å². The third-order valence-corrected chi connectivity index (χ3v) is 4.38. The number of rotatable bonds is 5. The van der Waals surface area contributed by atoms with E-state index in [4.69, 9.17) is 0 Å². The van der Waals surface area contributed by atoms with Gasteiger partial charge < -0.3 is 10.2 Å². The minimum absolute atomic E-state index is 0.151. The second-order valence-electron chi connectivity index (χ2n) is 4.64. The van der Waals surface area contributed by atoms with Gasteiger partial charge in [-0.3, -0.25) is 0 Å². The van der Waals surface area contributed by atoms with Crippen LogP contribution >= 0.6 is 11.8 Å². The Labute approximate surface area is 113 Å². The van der Waals surface area contributed by atoms with Crippen molar-refractivity contribution in [3.05, 3.63) is 35.6 Å². The van der Waals surface area contributed by atoms with Crippen LogP contribution in [0, 0.1) is 5.82 Å². The van der Waals surface area contributed by atoms with Crippen LogP contribution in [0.15, 0.2) is 24.3 Å². The second kappa shape index (κ2) is 7.12. The summed E-state index contributed by atoms with van der Waals surface area (Å²) in [5.41, 5.74) is 1.05. The topological polar surface area (TPSA) is 15.3 Å². The summed E-state index contributed by atoms with van der Waals surface area (Å²) < 4.78 is 13.2. The molecule has 0 amide bonds. The van der Waals surface area contributed by atoms with Gasteiger partial charge in [-0.15, -0.1) is 0 Å². The second-order valence-corrected chi connectivity index (χ2v) is 5.86. The maximum atomic E-state index is 13.2. The van der Waals surface area contributed by atoms with Gasteiger partial charge in [0.25, 0.3) is 0 Å². The predicted octanol–water partition coefficient (Wildman–Crippen LogP) is 2.53. The summed E-state index contributed by atoms with van der Waals surface area (Å²) in [6.07, 6.45) is 1.03. The molecule has 0 aromatic heterocycles. The molecule has 0 spiro atoms.